The zero-order valence-electron chi connectivity index (χ0n) is 12.1. The maximum absolute atomic E-state index is 11.9. The number of piperidine rings is 1. The van der Waals surface area contributed by atoms with E-state index >= 15 is 0 Å². The van der Waals surface area contributed by atoms with Crippen molar-refractivity contribution in [1.82, 2.24) is 25.3 Å². The van der Waals surface area contributed by atoms with Crippen molar-refractivity contribution < 1.29 is 9.59 Å². The lowest BCUT2D eigenvalue weighted by Gasteiger charge is -2.20. The summed E-state index contributed by atoms with van der Waals surface area (Å²) in [5, 5.41) is 12.6. The van der Waals surface area contributed by atoms with Gasteiger partial charge in [0.2, 0.25) is 5.91 Å². The number of hydrogen-bond acceptors (Lipinski definition) is 5. The fourth-order valence-corrected chi connectivity index (χ4v) is 2.81. The Morgan fingerprint density at radius 3 is 2.91 bits per heavy atom. The molecule has 0 aliphatic carbocycles. The molecule has 114 valence electrons. The lowest BCUT2D eigenvalue weighted by atomic mass is 10.1. The Balaban J connectivity index is 1.73. The molecule has 0 radical (unpaired) electrons. The number of carbonyl (C=O) groups excluding carboxylic acids is 2. The number of carbonyl (C=O) groups is 2. The van der Waals surface area contributed by atoms with Crippen molar-refractivity contribution in [3.8, 4) is 11.3 Å². The molecule has 1 aliphatic heterocycles. The molecule has 2 aromatic heterocycles. The molecule has 1 N–H and O–H groups in total. The number of pyridine rings is 1. The van der Waals surface area contributed by atoms with Crippen LogP contribution in [0, 0.1) is 0 Å². The predicted molar refractivity (Wildman–Crippen MR) is 82.2 cm³/mol. The number of aromatic nitrogens is 4. The van der Waals surface area contributed by atoms with Gasteiger partial charge in [-0.2, -0.15) is 0 Å². The second kappa shape index (κ2) is 5.28. The second-order valence-corrected chi connectivity index (χ2v) is 5.46. The van der Waals surface area contributed by atoms with E-state index in [9.17, 15) is 9.59 Å². The SMILES string of the molecule is O=C1CCC(n2cc(-c3cncc4ccccc34)nn2)C(=O)N1. The van der Waals surface area contributed by atoms with E-state index in [4.69, 9.17) is 0 Å². The van der Waals surface area contributed by atoms with Crippen molar-refractivity contribution in [2.45, 2.75) is 18.9 Å². The van der Waals surface area contributed by atoms with Crippen molar-refractivity contribution in [2.24, 2.45) is 0 Å². The molecule has 1 aromatic carbocycles. The smallest absolute Gasteiger partial charge is 0.251 e. The number of nitrogens with zero attached hydrogens (tertiary/aromatic N) is 4. The van der Waals surface area contributed by atoms with Gasteiger partial charge in [-0.15, -0.1) is 5.10 Å². The van der Waals surface area contributed by atoms with Gasteiger partial charge in [-0.05, 0) is 11.8 Å². The van der Waals surface area contributed by atoms with Gasteiger partial charge in [0, 0.05) is 29.8 Å². The Labute approximate surface area is 131 Å². The van der Waals surface area contributed by atoms with Gasteiger partial charge < -0.3 is 0 Å². The summed E-state index contributed by atoms with van der Waals surface area (Å²) in [5.41, 5.74) is 1.51. The van der Waals surface area contributed by atoms with Crippen LogP contribution in [0.1, 0.15) is 18.9 Å². The van der Waals surface area contributed by atoms with Crippen LogP contribution in [-0.2, 0) is 9.59 Å². The van der Waals surface area contributed by atoms with Crippen LogP contribution in [-0.4, -0.2) is 31.8 Å². The molecule has 4 rings (SSSR count). The number of amides is 2. The molecule has 0 spiro atoms. The Bertz CT molecular complexity index is 912. The summed E-state index contributed by atoms with van der Waals surface area (Å²) in [5.74, 6) is -0.585. The molecule has 0 bridgehead atoms. The Morgan fingerprint density at radius 1 is 1.17 bits per heavy atom. The lowest BCUT2D eigenvalue weighted by molar-refractivity contribution is -0.136. The molecular weight excluding hydrogens is 294 g/mol. The molecule has 2 amide bonds. The molecule has 1 aliphatic rings. The van der Waals surface area contributed by atoms with Crippen molar-refractivity contribution in [3.63, 3.8) is 0 Å². The minimum absolute atomic E-state index is 0.246. The van der Waals surface area contributed by atoms with Crippen LogP contribution in [0.4, 0.5) is 0 Å². The standard InChI is InChI=1S/C16H13N5O2/c22-15-6-5-14(16(23)18-15)21-9-13(19-20-21)12-8-17-7-10-3-1-2-4-11(10)12/h1-4,7-9,14H,5-6H2,(H,18,22,23). The number of nitrogens with one attached hydrogen (secondary N) is 1. The fraction of sp³-hybridized carbons (Fsp3) is 0.188. The molecule has 3 heterocycles. The molecule has 1 unspecified atom stereocenters. The number of benzene rings is 1. The number of hydrogen-bond donors (Lipinski definition) is 1. The van der Waals surface area contributed by atoms with E-state index in [0.717, 1.165) is 16.3 Å². The molecule has 1 saturated heterocycles. The summed E-state index contributed by atoms with van der Waals surface area (Å²) in [6, 6.07) is 7.38. The van der Waals surface area contributed by atoms with Gasteiger partial charge in [0.05, 0.1) is 6.20 Å². The zero-order valence-corrected chi connectivity index (χ0v) is 12.1. The van der Waals surface area contributed by atoms with Gasteiger partial charge in [-0.1, -0.05) is 29.5 Å². The first-order valence-corrected chi connectivity index (χ1v) is 7.31. The quantitative estimate of drug-likeness (QED) is 0.724. The topological polar surface area (TPSA) is 89.8 Å². The van der Waals surface area contributed by atoms with Gasteiger partial charge in [0.25, 0.3) is 5.91 Å². The minimum Gasteiger partial charge on any atom is -0.295 e. The van der Waals surface area contributed by atoms with Crippen LogP contribution in [0.15, 0.2) is 42.9 Å². The molecule has 1 atom stereocenters. The molecule has 7 heteroatoms. The van der Waals surface area contributed by atoms with E-state index in [1.54, 1.807) is 18.6 Å². The van der Waals surface area contributed by atoms with E-state index in [2.05, 4.69) is 20.6 Å². The third kappa shape index (κ3) is 2.36. The highest BCUT2D eigenvalue weighted by Crippen LogP contribution is 2.27. The third-order valence-electron chi connectivity index (χ3n) is 3.98. The maximum atomic E-state index is 11.9. The van der Waals surface area contributed by atoms with Crippen LogP contribution in [0.3, 0.4) is 0 Å². The fourth-order valence-electron chi connectivity index (χ4n) is 2.81. The monoisotopic (exact) mass is 307 g/mol. The average molecular weight is 307 g/mol. The van der Waals surface area contributed by atoms with Gasteiger partial charge in [-0.25, -0.2) is 4.68 Å². The van der Waals surface area contributed by atoms with Crippen LogP contribution in [0.25, 0.3) is 22.0 Å². The highest BCUT2D eigenvalue weighted by molar-refractivity contribution is 5.99. The van der Waals surface area contributed by atoms with Gasteiger partial charge in [0.15, 0.2) is 0 Å². The van der Waals surface area contributed by atoms with Gasteiger partial charge >= 0.3 is 0 Å². The Morgan fingerprint density at radius 2 is 2.04 bits per heavy atom. The average Bonchev–Trinajstić information content (AvgIpc) is 3.04. The van der Waals surface area contributed by atoms with Crippen molar-refractivity contribution in [1.29, 1.82) is 0 Å². The van der Waals surface area contributed by atoms with Crippen molar-refractivity contribution in [3.05, 3.63) is 42.9 Å². The maximum Gasteiger partial charge on any atom is 0.251 e. The highest BCUT2D eigenvalue weighted by Gasteiger charge is 2.29. The second-order valence-electron chi connectivity index (χ2n) is 5.46. The van der Waals surface area contributed by atoms with Crippen LogP contribution >= 0.6 is 0 Å². The number of rotatable bonds is 2. The highest BCUT2D eigenvalue weighted by atomic mass is 16.2. The van der Waals surface area contributed by atoms with E-state index in [-0.39, 0.29) is 11.8 Å². The summed E-state index contributed by atoms with van der Waals surface area (Å²) in [7, 11) is 0. The summed E-state index contributed by atoms with van der Waals surface area (Å²) >= 11 is 0. The van der Waals surface area contributed by atoms with Crippen LogP contribution in [0.5, 0.6) is 0 Å². The first-order chi connectivity index (χ1) is 11.2. The largest absolute Gasteiger partial charge is 0.295 e. The summed E-state index contributed by atoms with van der Waals surface area (Å²) in [4.78, 5) is 27.4. The summed E-state index contributed by atoms with van der Waals surface area (Å²) < 4.78 is 1.51. The third-order valence-corrected chi connectivity index (χ3v) is 3.98. The van der Waals surface area contributed by atoms with Crippen molar-refractivity contribution >= 4 is 22.6 Å². The normalized spacial score (nSPS) is 18.2. The summed E-state index contributed by atoms with van der Waals surface area (Å²) in [6.45, 7) is 0. The molecule has 0 saturated carbocycles. The van der Waals surface area contributed by atoms with E-state index in [1.807, 2.05) is 24.3 Å². The van der Waals surface area contributed by atoms with E-state index < -0.39 is 6.04 Å². The van der Waals surface area contributed by atoms with E-state index in [1.165, 1.54) is 4.68 Å². The van der Waals surface area contributed by atoms with Crippen LogP contribution in [0.2, 0.25) is 0 Å². The number of fused-ring (bicyclic) bond motifs is 1. The van der Waals surface area contributed by atoms with Crippen molar-refractivity contribution in [2.75, 3.05) is 0 Å². The molecule has 7 nitrogen and oxygen atoms in total. The predicted octanol–water partition coefficient (Wildman–Crippen LogP) is 1.47. The van der Waals surface area contributed by atoms with Gasteiger partial charge in [-0.3, -0.25) is 19.9 Å². The van der Waals surface area contributed by atoms with Gasteiger partial charge in [0.1, 0.15) is 11.7 Å². The first kappa shape index (κ1) is 13.6. The molecule has 3 aromatic rings. The van der Waals surface area contributed by atoms with Crippen LogP contribution < -0.4 is 5.32 Å². The van der Waals surface area contributed by atoms with E-state index in [0.29, 0.717) is 18.5 Å². The lowest BCUT2D eigenvalue weighted by Crippen LogP contribution is -2.41. The zero-order chi connectivity index (χ0) is 15.8. The molecule has 1 fully saturated rings. The number of imide groups is 1. The molecular formula is C16H13N5O2. The first-order valence-electron chi connectivity index (χ1n) is 7.31. The minimum atomic E-state index is -0.503. The Kier molecular flexibility index (Phi) is 3.11. The molecule has 23 heavy (non-hydrogen) atoms. The Hall–Kier alpha value is -3.09. The summed E-state index contributed by atoms with van der Waals surface area (Å²) in [6.07, 6.45) is 6.00.